The van der Waals surface area contributed by atoms with Crippen LogP contribution in [0.4, 0.5) is 16.2 Å². The van der Waals surface area contributed by atoms with Crippen LogP contribution in [0.2, 0.25) is 0 Å². The second-order valence-corrected chi connectivity index (χ2v) is 4.89. The third-order valence-corrected chi connectivity index (χ3v) is 3.14. The molecule has 2 rings (SSSR count). The zero-order chi connectivity index (χ0) is 17.4. The molecule has 3 N–H and O–H groups in total. The molecule has 6 heteroatoms. The van der Waals surface area contributed by atoms with E-state index in [-0.39, 0.29) is 11.9 Å². The fraction of sp³-hybridized carbons (Fsp3) is 0.111. The number of anilines is 2. The molecule has 24 heavy (non-hydrogen) atoms. The van der Waals surface area contributed by atoms with Crippen molar-refractivity contribution in [3.05, 3.63) is 66.7 Å². The van der Waals surface area contributed by atoms with Crippen molar-refractivity contribution in [3.63, 3.8) is 0 Å². The molecule has 0 heterocycles. The van der Waals surface area contributed by atoms with Gasteiger partial charge >= 0.3 is 6.03 Å². The predicted octanol–water partition coefficient (Wildman–Crippen LogP) is 3.26. The highest BCUT2D eigenvalue weighted by atomic mass is 16.5. The Morgan fingerprint density at radius 2 is 1.75 bits per heavy atom. The zero-order valence-corrected chi connectivity index (χ0v) is 13.3. The van der Waals surface area contributed by atoms with Gasteiger partial charge in [-0.1, -0.05) is 12.1 Å². The fourth-order valence-corrected chi connectivity index (χ4v) is 1.94. The van der Waals surface area contributed by atoms with Crippen molar-refractivity contribution in [3.8, 4) is 5.75 Å². The Bertz CT molecular complexity index is 727. The molecule has 0 aromatic heterocycles. The van der Waals surface area contributed by atoms with E-state index in [1.807, 2.05) is 0 Å². The predicted molar refractivity (Wildman–Crippen MR) is 94.6 cm³/mol. The molecule has 124 valence electrons. The maximum Gasteiger partial charge on any atom is 0.319 e. The molecule has 0 radical (unpaired) electrons. The van der Waals surface area contributed by atoms with E-state index < -0.39 is 0 Å². The Labute approximate surface area is 140 Å². The first-order chi connectivity index (χ1) is 11.6. The van der Waals surface area contributed by atoms with Crippen LogP contribution < -0.4 is 20.7 Å². The molecule has 0 fully saturated rings. The zero-order valence-electron chi connectivity index (χ0n) is 13.3. The minimum atomic E-state index is -0.317. The number of methoxy groups -OCH3 is 1. The number of ether oxygens (including phenoxy) is 1. The Balaban J connectivity index is 1.96. The molecule has 0 spiro atoms. The summed E-state index contributed by atoms with van der Waals surface area (Å²) < 4.78 is 5.10. The molecular weight excluding hydrogens is 306 g/mol. The van der Waals surface area contributed by atoms with Crippen molar-refractivity contribution in [2.45, 2.75) is 0 Å². The number of benzene rings is 2. The summed E-state index contributed by atoms with van der Waals surface area (Å²) in [5.74, 6) is 0.381. The van der Waals surface area contributed by atoms with Crippen LogP contribution in [-0.4, -0.2) is 25.6 Å². The normalized spacial score (nSPS) is 9.71. The molecule has 0 bridgehead atoms. The highest BCUT2D eigenvalue weighted by molar-refractivity contribution is 6.04. The summed E-state index contributed by atoms with van der Waals surface area (Å²) in [6.45, 7) is 3.91. The van der Waals surface area contributed by atoms with Crippen LogP contribution in [0.15, 0.2) is 61.2 Å². The van der Waals surface area contributed by atoms with Crippen molar-refractivity contribution in [1.29, 1.82) is 0 Å². The smallest absolute Gasteiger partial charge is 0.319 e. The number of urea groups is 1. The molecule has 0 aliphatic carbocycles. The lowest BCUT2D eigenvalue weighted by Gasteiger charge is -2.09. The average Bonchev–Trinajstić information content (AvgIpc) is 2.61. The van der Waals surface area contributed by atoms with Crippen LogP contribution in [0.25, 0.3) is 0 Å². The van der Waals surface area contributed by atoms with Gasteiger partial charge in [0.15, 0.2) is 0 Å². The van der Waals surface area contributed by atoms with Crippen LogP contribution >= 0.6 is 0 Å². The van der Waals surface area contributed by atoms with E-state index in [1.54, 1.807) is 61.7 Å². The molecule has 0 unspecified atom stereocenters. The van der Waals surface area contributed by atoms with E-state index in [0.29, 0.717) is 29.2 Å². The van der Waals surface area contributed by atoms with Gasteiger partial charge in [0.05, 0.1) is 7.11 Å². The number of carbonyl (C=O) groups is 2. The van der Waals surface area contributed by atoms with Crippen molar-refractivity contribution in [1.82, 2.24) is 5.32 Å². The largest absolute Gasteiger partial charge is 0.497 e. The number of rotatable bonds is 6. The lowest BCUT2D eigenvalue weighted by molar-refractivity contribution is 0.102. The van der Waals surface area contributed by atoms with E-state index >= 15 is 0 Å². The van der Waals surface area contributed by atoms with Gasteiger partial charge in [0, 0.05) is 23.5 Å². The maximum atomic E-state index is 12.2. The summed E-state index contributed by atoms with van der Waals surface area (Å²) in [5.41, 5.74) is 1.75. The van der Waals surface area contributed by atoms with E-state index in [9.17, 15) is 9.59 Å². The third kappa shape index (κ3) is 4.88. The molecule has 0 atom stereocenters. The Kier molecular flexibility index (Phi) is 5.96. The highest BCUT2D eigenvalue weighted by Gasteiger charge is 2.07. The van der Waals surface area contributed by atoms with E-state index in [0.717, 1.165) is 0 Å². The Morgan fingerprint density at radius 3 is 2.38 bits per heavy atom. The summed E-state index contributed by atoms with van der Waals surface area (Å²) >= 11 is 0. The van der Waals surface area contributed by atoms with Gasteiger partial charge in [-0.05, 0) is 42.5 Å². The molecule has 6 nitrogen and oxygen atoms in total. The van der Waals surface area contributed by atoms with Crippen LogP contribution in [0.1, 0.15) is 10.4 Å². The van der Waals surface area contributed by atoms with Crippen LogP contribution in [0.5, 0.6) is 5.75 Å². The maximum absolute atomic E-state index is 12.2. The SMILES string of the molecule is C=CCNC(=O)Nc1ccc(NC(=O)c2cccc(OC)c2)cc1. The second-order valence-electron chi connectivity index (χ2n) is 4.89. The molecule has 0 aliphatic rings. The monoisotopic (exact) mass is 325 g/mol. The number of amides is 3. The Hall–Kier alpha value is -3.28. The van der Waals surface area contributed by atoms with Gasteiger partial charge in [-0.15, -0.1) is 6.58 Å². The van der Waals surface area contributed by atoms with Crippen LogP contribution in [-0.2, 0) is 0 Å². The number of hydrogen-bond donors (Lipinski definition) is 3. The van der Waals surface area contributed by atoms with Gasteiger partial charge in [0.25, 0.3) is 5.91 Å². The van der Waals surface area contributed by atoms with Crippen LogP contribution in [0.3, 0.4) is 0 Å². The van der Waals surface area contributed by atoms with Crippen molar-refractivity contribution in [2.24, 2.45) is 0 Å². The van der Waals surface area contributed by atoms with Crippen molar-refractivity contribution >= 4 is 23.3 Å². The van der Waals surface area contributed by atoms with Crippen molar-refractivity contribution in [2.75, 3.05) is 24.3 Å². The van der Waals surface area contributed by atoms with E-state index in [1.165, 1.54) is 0 Å². The van der Waals surface area contributed by atoms with E-state index in [2.05, 4.69) is 22.5 Å². The van der Waals surface area contributed by atoms with Crippen molar-refractivity contribution < 1.29 is 14.3 Å². The molecule has 0 saturated heterocycles. The molecular formula is C18H19N3O3. The standard InChI is InChI=1S/C18H19N3O3/c1-3-11-19-18(23)21-15-9-7-14(8-10-15)20-17(22)13-5-4-6-16(12-13)24-2/h3-10,12H,1,11H2,2H3,(H,20,22)(H2,19,21,23). The van der Waals surface area contributed by atoms with Gasteiger partial charge in [0.2, 0.25) is 0 Å². The first kappa shape index (κ1) is 17.1. The lowest BCUT2D eigenvalue weighted by atomic mass is 10.2. The number of carbonyl (C=O) groups excluding carboxylic acids is 2. The van der Waals surface area contributed by atoms with Gasteiger partial charge in [-0.25, -0.2) is 4.79 Å². The van der Waals surface area contributed by atoms with Gasteiger partial charge in [-0.2, -0.15) is 0 Å². The quantitative estimate of drug-likeness (QED) is 0.713. The first-order valence-electron chi connectivity index (χ1n) is 7.33. The average molecular weight is 325 g/mol. The lowest BCUT2D eigenvalue weighted by Crippen LogP contribution is -2.28. The first-order valence-corrected chi connectivity index (χ1v) is 7.33. The summed E-state index contributed by atoms with van der Waals surface area (Å²) in [7, 11) is 1.55. The fourth-order valence-electron chi connectivity index (χ4n) is 1.94. The molecule has 3 amide bonds. The third-order valence-electron chi connectivity index (χ3n) is 3.14. The van der Waals surface area contributed by atoms with Gasteiger partial charge < -0.3 is 20.7 Å². The van der Waals surface area contributed by atoms with E-state index in [4.69, 9.17) is 4.74 Å². The summed E-state index contributed by atoms with van der Waals surface area (Å²) in [6.07, 6.45) is 1.59. The highest BCUT2D eigenvalue weighted by Crippen LogP contribution is 2.17. The topological polar surface area (TPSA) is 79.5 Å². The second kappa shape index (κ2) is 8.38. The summed E-state index contributed by atoms with van der Waals surface area (Å²) in [5, 5.41) is 8.08. The van der Waals surface area contributed by atoms with Crippen LogP contribution in [0, 0.1) is 0 Å². The Morgan fingerprint density at radius 1 is 1.08 bits per heavy atom. The molecule has 0 saturated carbocycles. The van der Waals surface area contributed by atoms with Gasteiger partial charge in [-0.3, -0.25) is 4.79 Å². The number of hydrogen-bond acceptors (Lipinski definition) is 3. The molecule has 2 aromatic carbocycles. The van der Waals surface area contributed by atoms with Gasteiger partial charge in [0.1, 0.15) is 5.75 Å². The minimum Gasteiger partial charge on any atom is -0.497 e. The summed E-state index contributed by atoms with van der Waals surface area (Å²) in [6, 6.07) is 13.4. The molecule has 0 aliphatic heterocycles. The minimum absolute atomic E-state index is 0.238. The molecule has 2 aromatic rings. The summed E-state index contributed by atoms with van der Waals surface area (Å²) in [4.78, 5) is 23.7. The number of nitrogens with one attached hydrogen (secondary N) is 3.